The predicted octanol–water partition coefficient (Wildman–Crippen LogP) is 2.12. The van der Waals surface area contributed by atoms with Crippen molar-refractivity contribution < 1.29 is 14.0 Å². The predicted molar refractivity (Wildman–Crippen MR) is 88.2 cm³/mol. The van der Waals surface area contributed by atoms with Crippen LogP contribution in [-0.2, 0) is 9.59 Å². The molecule has 0 heterocycles. The molecule has 1 aliphatic rings. The zero-order chi connectivity index (χ0) is 16.7. The van der Waals surface area contributed by atoms with E-state index in [9.17, 15) is 14.0 Å². The molecule has 8 heteroatoms. The van der Waals surface area contributed by atoms with Gasteiger partial charge in [-0.15, -0.1) is 12.6 Å². The van der Waals surface area contributed by atoms with Gasteiger partial charge < -0.3 is 11.1 Å². The van der Waals surface area contributed by atoms with Crippen molar-refractivity contribution in [1.82, 2.24) is 5.32 Å². The summed E-state index contributed by atoms with van der Waals surface area (Å²) in [6.45, 7) is 1.61. The second kappa shape index (κ2) is 8.55. The normalized spacial score (nSPS) is 19.2. The molecule has 0 aromatic rings. The maximum atomic E-state index is 13.1. The standard InChI is InChI=1S/C14H15ClFN3O2S/c1-8(12(22)6-13(17)20)18-7-19-14(21)10-4-2-9(16)3-5-11(10)15/h2-5,7,9,22H,6H2,1H3,(H2,17,20)(H,18,19,21)/b12-8-. The third kappa shape index (κ3) is 5.87. The Bertz CT molecular complexity index is 624. The zero-order valence-corrected chi connectivity index (χ0v) is 13.4. The van der Waals surface area contributed by atoms with Gasteiger partial charge in [0.25, 0.3) is 5.91 Å². The van der Waals surface area contributed by atoms with Crippen LogP contribution in [0.2, 0.25) is 0 Å². The molecule has 0 saturated heterocycles. The van der Waals surface area contributed by atoms with E-state index in [1.165, 1.54) is 24.3 Å². The summed E-state index contributed by atoms with van der Waals surface area (Å²) in [6, 6.07) is 0. The minimum Gasteiger partial charge on any atom is -0.369 e. The van der Waals surface area contributed by atoms with Crippen LogP contribution in [-0.4, -0.2) is 24.3 Å². The van der Waals surface area contributed by atoms with E-state index < -0.39 is 18.0 Å². The van der Waals surface area contributed by atoms with Gasteiger partial charge in [0.05, 0.1) is 23.4 Å². The molecule has 0 bridgehead atoms. The highest BCUT2D eigenvalue weighted by atomic mass is 35.5. The largest absolute Gasteiger partial charge is 0.369 e. The van der Waals surface area contributed by atoms with Crippen LogP contribution in [0.4, 0.5) is 4.39 Å². The lowest BCUT2D eigenvalue weighted by Crippen LogP contribution is -2.23. The topological polar surface area (TPSA) is 84.6 Å². The lowest BCUT2D eigenvalue weighted by Gasteiger charge is -2.03. The smallest absolute Gasteiger partial charge is 0.257 e. The van der Waals surface area contributed by atoms with Gasteiger partial charge in [-0.05, 0) is 31.2 Å². The van der Waals surface area contributed by atoms with Crippen LogP contribution in [0.15, 0.2) is 50.5 Å². The summed E-state index contributed by atoms with van der Waals surface area (Å²) in [5.41, 5.74) is 5.59. The second-order valence-corrected chi connectivity index (χ2v) is 5.28. The van der Waals surface area contributed by atoms with Gasteiger partial charge in [0.2, 0.25) is 5.91 Å². The van der Waals surface area contributed by atoms with E-state index in [2.05, 4.69) is 22.9 Å². The van der Waals surface area contributed by atoms with E-state index in [-0.39, 0.29) is 17.0 Å². The lowest BCUT2D eigenvalue weighted by atomic mass is 10.2. The SMILES string of the molecule is C/C(N=CNC(=O)C1=C(Cl)C=CC(F)C=C1)=C(/S)CC(N)=O. The molecule has 0 fully saturated rings. The molecule has 0 aromatic carbocycles. The molecular formula is C14H15ClFN3O2S. The number of halogens is 2. The average Bonchev–Trinajstić information content (AvgIpc) is 2.60. The Balaban J connectivity index is 2.74. The molecule has 5 nitrogen and oxygen atoms in total. The van der Waals surface area contributed by atoms with E-state index in [0.717, 1.165) is 6.34 Å². The first-order chi connectivity index (χ1) is 10.3. The average molecular weight is 344 g/mol. The molecule has 1 unspecified atom stereocenters. The Morgan fingerprint density at radius 2 is 2.14 bits per heavy atom. The highest BCUT2D eigenvalue weighted by molar-refractivity contribution is 7.84. The molecule has 1 rings (SSSR count). The summed E-state index contributed by atoms with van der Waals surface area (Å²) in [6.07, 6.45) is 4.87. The van der Waals surface area contributed by atoms with Crippen molar-refractivity contribution in [2.75, 3.05) is 0 Å². The van der Waals surface area contributed by atoms with Crippen molar-refractivity contribution in [3.63, 3.8) is 0 Å². The van der Waals surface area contributed by atoms with Crippen LogP contribution >= 0.6 is 24.2 Å². The fourth-order valence-electron chi connectivity index (χ4n) is 1.42. The maximum absolute atomic E-state index is 13.1. The van der Waals surface area contributed by atoms with Gasteiger partial charge in [-0.25, -0.2) is 9.38 Å². The van der Waals surface area contributed by atoms with E-state index in [1.54, 1.807) is 6.92 Å². The van der Waals surface area contributed by atoms with Crippen LogP contribution in [0, 0.1) is 0 Å². The van der Waals surface area contributed by atoms with Crippen LogP contribution in [0.1, 0.15) is 13.3 Å². The summed E-state index contributed by atoms with van der Waals surface area (Å²) in [4.78, 5) is 27.0. The Kier molecular flexibility index (Phi) is 7.07. The maximum Gasteiger partial charge on any atom is 0.257 e. The van der Waals surface area contributed by atoms with Gasteiger partial charge in [0.15, 0.2) is 0 Å². The number of hydrogen-bond acceptors (Lipinski definition) is 4. The molecule has 1 atom stereocenters. The molecule has 22 heavy (non-hydrogen) atoms. The highest BCUT2D eigenvalue weighted by Gasteiger charge is 2.12. The van der Waals surface area contributed by atoms with Crippen LogP contribution in [0.25, 0.3) is 0 Å². The van der Waals surface area contributed by atoms with Gasteiger partial charge in [0, 0.05) is 10.6 Å². The van der Waals surface area contributed by atoms with Gasteiger partial charge in [0.1, 0.15) is 6.17 Å². The Morgan fingerprint density at radius 3 is 2.77 bits per heavy atom. The zero-order valence-electron chi connectivity index (χ0n) is 11.7. The number of carbonyl (C=O) groups is 2. The molecule has 118 valence electrons. The second-order valence-electron chi connectivity index (χ2n) is 4.33. The third-order valence-corrected chi connectivity index (χ3v) is 3.40. The Labute approximate surface area is 137 Å². The van der Waals surface area contributed by atoms with Crippen molar-refractivity contribution in [1.29, 1.82) is 0 Å². The first-order valence-corrected chi connectivity index (χ1v) is 7.04. The number of nitrogens with two attached hydrogens (primary N) is 1. The first kappa shape index (κ1) is 18.2. The van der Waals surface area contributed by atoms with Gasteiger partial charge in [-0.3, -0.25) is 9.59 Å². The summed E-state index contributed by atoms with van der Waals surface area (Å²) in [5.74, 6) is -1.07. The lowest BCUT2D eigenvalue weighted by molar-refractivity contribution is -0.117. The molecule has 0 spiro atoms. The van der Waals surface area contributed by atoms with Gasteiger partial charge in [-0.1, -0.05) is 11.6 Å². The number of amides is 2. The van der Waals surface area contributed by atoms with E-state index >= 15 is 0 Å². The number of carbonyl (C=O) groups excluding carboxylic acids is 2. The number of thiol groups is 1. The van der Waals surface area contributed by atoms with Crippen LogP contribution < -0.4 is 11.1 Å². The van der Waals surface area contributed by atoms with Gasteiger partial charge in [-0.2, -0.15) is 0 Å². The Morgan fingerprint density at radius 1 is 1.50 bits per heavy atom. The number of nitrogens with zero attached hydrogens (tertiary/aromatic N) is 1. The molecule has 3 N–H and O–H groups in total. The number of hydrogen-bond donors (Lipinski definition) is 3. The highest BCUT2D eigenvalue weighted by Crippen LogP contribution is 2.18. The van der Waals surface area contributed by atoms with E-state index in [0.29, 0.717) is 10.6 Å². The number of alkyl halides is 1. The molecule has 0 saturated carbocycles. The summed E-state index contributed by atoms with van der Waals surface area (Å²) < 4.78 is 13.1. The van der Waals surface area contributed by atoms with Crippen molar-refractivity contribution in [3.8, 4) is 0 Å². The van der Waals surface area contributed by atoms with Crippen molar-refractivity contribution in [2.45, 2.75) is 19.5 Å². The molecule has 0 aromatic heterocycles. The quantitative estimate of drug-likeness (QED) is 0.406. The number of allylic oxidation sites excluding steroid dienone is 5. The van der Waals surface area contributed by atoms with Crippen molar-refractivity contribution in [3.05, 3.63) is 45.5 Å². The van der Waals surface area contributed by atoms with Gasteiger partial charge >= 0.3 is 0 Å². The number of aliphatic imine (C=N–C) groups is 1. The third-order valence-electron chi connectivity index (χ3n) is 2.59. The number of nitrogens with one attached hydrogen (secondary N) is 1. The fraction of sp³-hybridized carbons (Fsp3) is 0.214. The van der Waals surface area contributed by atoms with Crippen LogP contribution in [0.5, 0.6) is 0 Å². The van der Waals surface area contributed by atoms with E-state index in [1.807, 2.05) is 0 Å². The fourth-order valence-corrected chi connectivity index (χ4v) is 1.85. The van der Waals surface area contributed by atoms with Crippen molar-refractivity contribution >= 4 is 42.4 Å². The molecule has 0 aliphatic heterocycles. The molecule has 1 aliphatic carbocycles. The van der Waals surface area contributed by atoms with E-state index in [4.69, 9.17) is 17.3 Å². The summed E-state index contributed by atoms with van der Waals surface area (Å²) in [5, 5.41) is 2.52. The molecular weight excluding hydrogens is 329 g/mol. The molecule has 0 radical (unpaired) electrons. The monoisotopic (exact) mass is 343 g/mol. The first-order valence-electron chi connectivity index (χ1n) is 6.22. The minimum atomic E-state index is -1.29. The minimum absolute atomic E-state index is 0.0391. The number of primary amides is 1. The molecule has 2 amide bonds. The Hall–Kier alpha value is -1.86. The van der Waals surface area contributed by atoms with Crippen molar-refractivity contribution in [2.24, 2.45) is 10.7 Å². The summed E-state index contributed by atoms with van der Waals surface area (Å²) >= 11 is 9.98. The van der Waals surface area contributed by atoms with Crippen LogP contribution in [0.3, 0.4) is 0 Å². The number of rotatable bonds is 5. The summed E-state index contributed by atoms with van der Waals surface area (Å²) in [7, 11) is 0.